The summed E-state index contributed by atoms with van der Waals surface area (Å²) in [5, 5.41) is 4.51. The van der Waals surface area contributed by atoms with E-state index >= 15 is 0 Å². The van der Waals surface area contributed by atoms with Crippen LogP contribution < -0.4 is 15.7 Å². The van der Waals surface area contributed by atoms with Gasteiger partial charge < -0.3 is 14.5 Å². The van der Waals surface area contributed by atoms with E-state index in [4.69, 9.17) is 20.8 Å². The van der Waals surface area contributed by atoms with Crippen LogP contribution in [-0.4, -0.2) is 18.3 Å². The molecule has 0 spiro atoms. The molecule has 3 aromatic rings. The van der Waals surface area contributed by atoms with Gasteiger partial charge in [-0.15, -0.1) is 11.8 Å². The number of ether oxygens (including phenoxy) is 1. The maximum atomic E-state index is 12.4. The maximum Gasteiger partial charge on any atom is 0.336 e. The highest BCUT2D eigenvalue weighted by Gasteiger charge is 2.22. The summed E-state index contributed by atoms with van der Waals surface area (Å²) in [4.78, 5) is 25.1. The Kier molecular flexibility index (Phi) is 5.33. The van der Waals surface area contributed by atoms with Crippen molar-refractivity contribution >= 4 is 40.2 Å². The molecule has 0 saturated heterocycles. The predicted molar refractivity (Wildman–Crippen MR) is 110 cm³/mol. The van der Waals surface area contributed by atoms with Gasteiger partial charge in [0.2, 0.25) is 0 Å². The van der Waals surface area contributed by atoms with Crippen molar-refractivity contribution in [3.05, 3.63) is 69.0 Å². The van der Waals surface area contributed by atoms with Crippen LogP contribution in [0.25, 0.3) is 11.0 Å². The SMILES string of the molecule is Cc1cc(=O)oc2cc(OCC(=O)N[C@H]3CCSc4ccc(Cl)cc43)ccc12. The fourth-order valence-electron chi connectivity index (χ4n) is 3.30. The molecule has 1 atom stereocenters. The molecule has 5 nitrogen and oxygen atoms in total. The average Bonchev–Trinajstić information content (AvgIpc) is 2.66. The van der Waals surface area contributed by atoms with Crippen molar-refractivity contribution in [2.75, 3.05) is 12.4 Å². The van der Waals surface area contributed by atoms with Crippen molar-refractivity contribution in [2.45, 2.75) is 24.3 Å². The van der Waals surface area contributed by atoms with Crippen molar-refractivity contribution < 1.29 is 13.9 Å². The minimum Gasteiger partial charge on any atom is -0.484 e. The Morgan fingerprint density at radius 1 is 1.29 bits per heavy atom. The molecule has 28 heavy (non-hydrogen) atoms. The monoisotopic (exact) mass is 415 g/mol. The Hall–Kier alpha value is -2.44. The van der Waals surface area contributed by atoms with Gasteiger partial charge in [0.25, 0.3) is 5.91 Å². The van der Waals surface area contributed by atoms with Gasteiger partial charge in [-0.05, 0) is 54.8 Å². The van der Waals surface area contributed by atoms with Crippen molar-refractivity contribution in [1.82, 2.24) is 5.32 Å². The van der Waals surface area contributed by atoms with Gasteiger partial charge in [-0.3, -0.25) is 4.79 Å². The number of fused-ring (bicyclic) bond motifs is 2. The lowest BCUT2D eigenvalue weighted by molar-refractivity contribution is -0.123. The van der Waals surface area contributed by atoms with E-state index in [-0.39, 0.29) is 18.6 Å². The van der Waals surface area contributed by atoms with Crippen LogP contribution in [0.2, 0.25) is 5.02 Å². The zero-order chi connectivity index (χ0) is 19.7. The lowest BCUT2D eigenvalue weighted by Crippen LogP contribution is -2.34. The van der Waals surface area contributed by atoms with Gasteiger partial charge in [-0.1, -0.05) is 11.6 Å². The number of benzene rings is 2. The smallest absolute Gasteiger partial charge is 0.336 e. The molecule has 144 valence electrons. The van der Waals surface area contributed by atoms with Crippen LogP contribution >= 0.6 is 23.4 Å². The topological polar surface area (TPSA) is 68.5 Å². The lowest BCUT2D eigenvalue weighted by Gasteiger charge is -2.26. The Morgan fingerprint density at radius 3 is 3.00 bits per heavy atom. The van der Waals surface area contributed by atoms with Crippen LogP contribution in [0, 0.1) is 6.92 Å². The third kappa shape index (κ3) is 4.03. The Morgan fingerprint density at radius 2 is 2.14 bits per heavy atom. The second kappa shape index (κ2) is 7.89. The Balaban J connectivity index is 1.44. The fourth-order valence-corrected chi connectivity index (χ4v) is 4.58. The summed E-state index contributed by atoms with van der Waals surface area (Å²) >= 11 is 7.88. The van der Waals surface area contributed by atoms with Crippen molar-refractivity contribution in [1.29, 1.82) is 0 Å². The largest absolute Gasteiger partial charge is 0.484 e. The standard InChI is InChI=1S/C21H18ClNO4S/c1-12-8-21(25)27-18-10-14(3-4-15(12)18)26-11-20(24)23-17-6-7-28-19-5-2-13(22)9-16(17)19/h2-5,8-10,17H,6-7,11H2,1H3,(H,23,24)/t17-/m0/s1. The van der Waals surface area contributed by atoms with Gasteiger partial charge >= 0.3 is 5.63 Å². The number of hydrogen-bond donors (Lipinski definition) is 1. The second-order valence-electron chi connectivity index (χ2n) is 6.63. The van der Waals surface area contributed by atoms with E-state index in [2.05, 4.69) is 5.32 Å². The van der Waals surface area contributed by atoms with Crippen LogP contribution in [0.3, 0.4) is 0 Å². The highest BCUT2D eigenvalue weighted by atomic mass is 35.5. The number of halogens is 1. The first-order chi connectivity index (χ1) is 13.5. The van der Waals surface area contributed by atoms with E-state index in [1.165, 1.54) is 6.07 Å². The molecule has 0 saturated carbocycles. The summed E-state index contributed by atoms with van der Waals surface area (Å²) in [6, 6.07) is 12.3. The minimum atomic E-state index is -0.410. The summed E-state index contributed by atoms with van der Waals surface area (Å²) in [7, 11) is 0. The maximum absolute atomic E-state index is 12.4. The van der Waals surface area contributed by atoms with Gasteiger partial charge in [-0.25, -0.2) is 4.79 Å². The zero-order valence-electron chi connectivity index (χ0n) is 15.2. The van der Waals surface area contributed by atoms with Gasteiger partial charge in [0, 0.05) is 33.2 Å². The quantitative estimate of drug-likeness (QED) is 0.636. The lowest BCUT2D eigenvalue weighted by atomic mass is 10.0. The van der Waals surface area contributed by atoms with Gasteiger partial charge in [-0.2, -0.15) is 0 Å². The van der Waals surface area contributed by atoms with E-state index in [9.17, 15) is 9.59 Å². The normalized spacial score (nSPS) is 15.9. The van der Waals surface area contributed by atoms with Crippen LogP contribution in [0.1, 0.15) is 23.6 Å². The molecule has 0 aliphatic carbocycles. The molecule has 4 rings (SSSR count). The minimum absolute atomic E-state index is 0.0803. The number of hydrogen-bond acceptors (Lipinski definition) is 5. The van der Waals surface area contributed by atoms with Crippen LogP contribution in [0.5, 0.6) is 5.75 Å². The number of carbonyl (C=O) groups is 1. The molecule has 7 heteroatoms. The van der Waals surface area contributed by atoms with E-state index in [0.29, 0.717) is 16.4 Å². The summed E-state index contributed by atoms with van der Waals surface area (Å²) < 4.78 is 10.8. The molecule has 1 aliphatic heterocycles. The highest BCUT2D eigenvalue weighted by molar-refractivity contribution is 7.99. The Labute approximate surface area is 171 Å². The third-order valence-corrected chi connectivity index (χ3v) is 6.00. The number of carbonyl (C=O) groups excluding carboxylic acids is 1. The summed E-state index contributed by atoms with van der Waals surface area (Å²) in [5.41, 5.74) is 1.91. The molecule has 1 aliphatic rings. The number of thioether (sulfide) groups is 1. The summed E-state index contributed by atoms with van der Waals surface area (Å²) in [6.45, 7) is 1.72. The third-order valence-electron chi connectivity index (χ3n) is 4.64. The average molecular weight is 416 g/mol. The Bertz CT molecular complexity index is 1110. The number of rotatable bonds is 4. The van der Waals surface area contributed by atoms with Crippen molar-refractivity contribution in [3.63, 3.8) is 0 Å². The number of amides is 1. The number of aryl methyl sites for hydroxylation is 1. The molecule has 2 aromatic carbocycles. The van der Waals surface area contributed by atoms with Crippen LogP contribution in [0.15, 0.2) is 56.6 Å². The summed E-state index contributed by atoms with van der Waals surface area (Å²) in [5.74, 6) is 1.19. The first kappa shape index (κ1) is 18.9. The molecule has 1 aromatic heterocycles. The van der Waals surface area contributed by atoms with Crippen molar-refractivity contribution in [2.24, 2.45) is 0 Å². The molecular formula is C21H18ClNO4S. The first-order valence-corrected chi connectivity index (χ1v) is 10.2. The van der Waals surface area contributed by atoms with Crippen LogP contribution in [0.4, 0.5) is 0 Å². The first-order valence-electron chi connectivity index (χ1n) is 8.88. The predicted octanol–water partition coefficient (Wildman–Crippen LogP) is 4.49. The molecule has 2 heterocycles. The highest BCUT2D eigenvalue weighted by Crippen LogP contribution is 2.37. The molecule has 0 unspecified atom stereocenters. The van der Waals surface area contributed by atoms with Crippen LogP contribution in [-0.2, 0) is 4.79 Å². The van der Waals surface area contributed by atoms with Gasteiger partial charge in [0.05, 0.1) is 6.04 Å². The summed E-state index contributed by atoms with van der Waals surface area (Å²) in [6.07, 6.45) is 0.837. The fraction of sp³-hybridized carbons (Fsp3) is 0.238. The molecule has 1 amide bonds. The molecule has 0 bridgehead atoms. The molecule has 0 fully saturated rings. The zero-order valence-corrected chi connectivity index (χ0v) is 16.7. The van der Waals surface area contributed by atoms with E-state index in [1.54, 1.807) is 23.9 Å². The van der Waals surface area contributed by atoms with Gasteiger partial charge in [0.1, 0.15) is 11.3 Å². The number of nitrogens with one attached hydrogen (secondary N) is 1. The van der Waals surface area contributed by atoms with E-state index in [0.717, 1.165) is 33.6 Å². The molecule has 0 radical (unpaired) electrons. The van der Waals surface area contributed by atoms with E-state index < -0.39 is 5.63 Å². The molecular weight excluding hydrogens is 398 g/mol. The second-order valence-corrected chi connectivity index (χ2v) is 8.21. The van der Waals surface area contributed by atoms with Gasteiger partial charge in [0.15, 0.2) is 6.61 Å². The molecule has 1 N–H and O–H groups in total. The van der Waals surface area contributed by atoms with E-state index in [1.807, 2.05) is 31.2 Å². The van der Waals surface area contributed by atoms with Crippen molar-refractivity contribution in [3.8, 4) is 5.75 Å².